The zero-order valence-electron chi connectivity index (χ0n) is 10.3. The Labute approximate surface area is 118 Å². The van der Waals surface area contributed by atoms with Crippen LogP contribution in [0.5, 0.6) is 5.75 Å². The molecule has 0 unspecified atom stereocenters. The van der Waals surface area contributed by atoms with Gasteiger partial charge in [-0.05, 0) is 25.1 Å². The van der Waals surface area contributed by atoms with E-state index in [1.165, 1.54) is 0 Å². The van der Waals surface area contributed by atoms with Gasteiger partial charge in [0.05, 0.1) is 29.5 Å². The van der Waals surface area contributed by atoms with Gasteiger partial charge in [0.25, 0.3) is 0 Å². The van der Waals surface area contributed by atoms with Crippen LogP contribution in [0.1, 0.15) is 13.3 Å². The number of allylic oxidation sites excluding steroid dienone is 2. The number of ether oxygens (including phenoxy) is 2. The first-order valence-electron chi connectivity index (χ1n) is 5.61. The Morgan fingerprint density at radius 1 is 1.28 bits per heavy atom. The average molecular weight is 287 g/mol. The minimum Gasteiger partial charge on any atom is -0.501 e. The van der Waals surface area contributed by atoms with Gasteiger partial charge in [-0.1, -0.05) is 35.4 Å². The number of halogens is 2. The zero-order chi connectivity index (χ0) is 13.4. The summed E-state index contributed by atoms with van der Waals surface area (Å²) in [7, 11) is 0. The average Bonchev–Trinajstić information content (AvgIpc) is 2.32. The molecule has 0 fully saturated rings. The van der Waals surface area contributed by atoms with Gasteiger partial charge < -0.3 is 9.47 Å². The van der Waals surface area contributed by atoms with E-state index in [0.29, 0.717) is 29.0 Å². The highest BCUT2D eigenvalue weighted by molar-refractivity contribution is 6.42. The second-order valence-corrected chi connectivity index (χ2v) is 4.61. The molecule has 2 nitrogen and oxygen atoms in total. The maximum Gasteiger partial charge on any atom is 0.120 e. The summed E-state index contributed by atoms with van der Waals surface area (Å²) in [5, 5.41) is 1.02. The molecule has 0 saturated carbocycles. The fourth-order valence-corrected chi connectivity index (χ4v) is 1.42. The van der Waals surface area contributed by atoms with Gasteiger partial charge in [-0.25, -0.2) is 0 Å². The highest BCUT2D eigenvalue weighted by Crippen LogP contribution is 2.26. The van der Waals surface area contributed by atoms with Crippen molar-refractivity contribution in [3.8, 4) is 5.75 Å². The van der Waals surface area contributed by atoms with E-state index in [2.05, 4.69) is 6.58 Å². The van der Waals surface area contributed by atoms with Crippen molar-refractivity contribution in [1.82, 2.24) is 0 Å². The van der Waals surface area contributed by atoms with Crippen molar-refractivity contribution in [3.05, 3.63) is 52.7 Å². The van der Waals surface area contributed by atoms with Crippen LogP contribution in [0.15, 0.2) is 42.7 Å². The SMILES string of the molecule is C=C(C)C=COCCCOc1ccc(Cl)c(Cl)c1. The van der Waals surface area contributed by atoms with Crippen molar-refractivity contribution >= 4 is 23.2 Å². The molecule has 0 aliphatic carbocycles. The van der Waals surface area contributed by atoms with Crippen molar-refractivity contribution in [2.24, 2.45) is 0 Å². The first kappa shape index (κ1) is 14.9. The monoisotopic (exact) mass is 286 g/mol. The first-order chi connectivity index (χ1) is 8.59. The molecule has 0 aliphatic heterocycles. The molecule has 0 radical (unpaired) electrons. The van der Waals surface area contributed by atoms with E-state index in [4.69, 9.17) is 32.7 Å². The summed E-state index contributed by atoms with van der Waals surface area (Å²) in [5.41, 5.74) is 0.960. The summed E-state index contributed by atoms with van der Waals surface area (Å²) in [6.07, 6.45) is 4.25. The molecule has 0 bridgehead atoms. The molecule has 4 heteroatoms. The van der Waals surface area contributed by atoms with Gasteiger partial charge in [0.1, 0.15) is 5.75 Å². The van der Waals surface area contributed by atoms with Gasteiger partial charge in [-0.3, -0.25) is 0 Å². The van der Waals surface area contributed by atoms with E-state index in [1.54, 1.807) is 24.5 Å². The van der Waals surface area contributed by atoms with Gasteiger partial charge in [0.2, 0.25) is 0 Å². The van der Waals surface area contributed by atoms with E-state index in [9.17, 15) is 0 Å². The number of benzene rings is 1. The van der Waals surface area contributed by atoms with Gasteiger partial charge in [0.15, 0.2) is 0 Å². The summed E-state index contributed by atoms with van der Waals surface area (Å²) < 4.78 is 10.8. The molecule has 1 aromatic rings. The van der Waals surface area contributed by atoms with Crippen LogP contribution in [0.3, 0.4) is 0 Å². The van der Waals surface area contributed by atoms with E-state index in [-0.39, 0.29) is 0 Å². The van der Waals surface area contributed by atoms with Crippen molar-refractivity contribution < 1.29 is 9.47 Å². The van der Waals surface area contributed by atoms with Gasteiger partial charge >= 0.3 is 0 Å². The third-order valence-electron chi connectivity index (χ3n) is 2.02. The topological polar surface area (TPSA) is 18.5 Å². The summed E-state index contributed by atoms with van der Waals surface area (Å²) in [4.78, 5) is 0. The summed E-state index contributed by atoms with van der Waals surface area (Å²) in [6.45, 7) is 6.81. The second-order valence-electron chi connectivity index (χ2n) is 3.80. The molecule has 0 spiro atoms. The molecule has 0 aromatic heterocycles. The molecule has 1 rings (SSSR count). The maximum absolute atomic E-state index is 5.87. The maximum atomic E-state index is 5.87. The molecule has 0 atom stereocenters. The molecule has 0 heterocycles. The van der Waals surface area contributed by atoms with Crippen molar-refractivity contribution in [2.45, 2.75) is 13.3 Å². The third-order valence-corrected chi connectivity index (χ3v) is 2.75. The van der Waals surface area contributed by atoms with E-state index >= 15 is 0 Å². The number of hydrogen-bond donors (Lipinski definition) is 0. The third kappa shape index (κ3) is 5.99. The molecule has 18 heavy (non-hydrogen) atoms. The lowest BCUT2D eigenvalue weighted by Gasteiger charge is -2.06. The predicted octanol–water partition coefficient (Wildman–Crippen LogP) is 4.87. The minimum atomic E-state index is 0.495. The normalized spacial score (nSPS) is 10.6. The smallest absolute Gasteiger partial charge is 0.120 e. The highest BCUT2D eigenvalue weighted by Gasteiger charge is 1.99. The first-order valence-corrected chi connectivity index (χ1v) is 6.36. The Kier molecular flexibility index (Phi) is 6.69. The minimum absolute atomic E-state index is 0.495. The Balaban J connectivity index is 2.18. The van der Waals surface area contributed by atoms with Gasteiger partial charge in [-0.2, -0.15) is 0 Å². The highest BCUT2D eigenvalue weighted by atomic mass is 35.5. The van der Waals surface area contributed by atoms with Crippen LogP contribution < -0.4 is 4.74 Å². The fraction of sp³-hybridized carbons (Fsp3) is 0.286. The quantitative estimate of drug-likeness (QED) is 0.404. The lowest BCUT2D eigenvalue weighted by molar-refractivity contribution is 0.208. The lowest BCUT2D eigenvalue weighted by Crippen LogP contribution is -2.01. The van der Waals surface area contributed by atoms with Crippen LogP contribution in [-0.4, -0.2) is 13.2 Å². The second kappa shape index (κ2) is 8.06. The van der Waals surface area contributed by atoms with E-state index in [0.717, 1.165) is 12.0 Å². The molecular formula is C14H16Cl2O2. The van der Waals surface area contributed by atoms with Gasteiger partial charge in [-0.15, -0.1) is 0 Å². The lowest BCUT2D eigenvalue weighted by atomic mass is 10.3. The summed E-state index contributed by atoms with van der Waals surface area (Å²) in [5.74, 6) is 0.710. The zero-order valence-corrected chi connectivity index (χ0v) is 11.8. The molecular weight excluding hydrogens is 271 g/mol. The molecule has 0 N–H and O–H groups in total. The largest absolute Gasteiger partial charge is 0.501 e. The van der Waals surface area contributed by atoms with Crippen molar-refractivity contribution in [1.29, 1.82) is 0 Å². The molecule has 0 amide bonds. The summed E-state index contributed by atoms with van der Waals surface area (Å²) in [6, 6.07) is 5.20. The standard InChI is InChI=1S/C14H16Cl2O2/c1-11(2)6-9-17-7-3-8-18-12-4-5-13(15)14(16)10-12/h4-6,9-10H,1,3,7-8H2,2H3. The number of hydrogen-bond acceptors (Lipinski definition) is 2. The van der Waals surface area contributed by atoms with Crippen molar-refractivity contribution in [3.63, 3.8) is 0 Å². The molecule has 98 valence electrons. The number of rotatable bonds is 7. The Hall–Kier alpha value is -1.12. The van der Waals surface area contributed by atoms with Gasteiger partial charge in [0, 0.05) is 12.5 Å². The van der Waals surface area contributed by atoms with Crippen LogP contribution in [0.2, 0.25) is 10.0 Å². The van der Waals surface area contributed by atoms with Crippen LogP contribution in [0.25, 0.3) is 0 Å². The molecule has 0 aliphatic rings. The van der Waals surface area contributed by atoms with E-state index in [1.807, 2.05) is 13.0 Å². The van der Waals surface area contributed by atoms with E-state index < -0.39 is 0 Å². The van der Waals surface area contributed by atoms with Crippen LogP contribution in [-0.2, 0) is 4.74 Å². The fourth-order valence-electron chi connectivity index (χ4n) is 1.13. The van der Waals surface area contributed by atoms with Crippen LogP contribution >= 0.6 is 23.2 Å². The van der Waals surface area contributed by atoms with Crippen LogP contribution in [0.4, 0.5) is 0 Å². The molecule has 0 saturated heterocycles. The summed E-state index contributed by atoms with van der Waals surface area (Å²) >= 11 is 11.7. The molecule has 1 aromatic carbocycles. The Morgan fingerprint density at radius 3 is 2.72 bits per heavy atom. The van der Waals surface area contributed by atoms with Crippen LogP contribution in [0, 0.1) is 0 Å². The van der Waals surface area contributed by atoms with Crippen molar-refractivity contribution in [2.75, 3.05) is 13.2 Å². The Morgan fingerprint density at radius 2 is 2.06 bits per heavy atom. The Bertz CT molecular complexity index is 428. The predicted molar refractivity (Wildman–Crippen MR) is 76.5 cm³/mol.